The molecule has 10 heteroatoms. The summed E-state index contributed by atoms with van der Waals surface area (Å²) in [7, 11) is 0. The molecule has 0 saturated carbocycles. The summed E-state index contributed by atoms with van der Waals surface area (Å²) in [6, 6.07) is 0. The lowest BCUT2D eigenvalue weighted by Crippen LogP contribution is -1.90. The summed E-state index contributed by atoms with van der Waals surface area (Å²) in [4.78, 5) is 31.0. The second-order valence-corrected chi connectivity index (χ2v) is 6.75. The van der Waals surface area contributed by atoms with E-state index in [0.29, 0.717) is 0 Å². The first-order valence-electron chi connectivity index (χ1n) is 6.35. The van der Waals surface area contributed by atoms with Gasteiger partial charge in [-0.25, -0.2) is 0 Å². The molecule has 0 aromatic heterocycles. The molecule has 0 unspecified atom stereocenters. The number of allylic oxidation sites excluding steroid dienone is 6. The van der Waals surface area contributed by atoms with Gasteiger partial charge in [-0.1, -0.05) is 0 Å². The molecule has 0 rings (SSSR count). The van der Waals surface area contributed by atoms with Crippen molar-refractivity contribution in [2.45, 2.75) is 41.5 Å². The van der Waals surface area contributed by atoms with Crippen LogP contribution in [-0.2, 0) is 14.4 Å². The molecule has 0 fully saturated rings. The summed E-state index contributed by atoms with van der Waals surface area (Å²) < 4.78 is 0.743. The van der Waals surface area contributed by atoms with Crippen LogP contribution in [0.15, 0.2) is 30.7 Å². The molecule has 0 saturated heterocycles. The van der Waals surface area contributed by atoms with Crippen molar-refractivity contribution in [3.63, 3.8) is 0 Å². The van der Waals surface area contributed by atoms with Crippen LogP contribution < -0.4 is 0 Å². The molecular weight excluding hydrogens is 543 g/mol. The molecule has 3 N–H and O–H groups in total. The number of hydrogen-bond donors (Lipinski definition) is 3. The third-order valence-corrected chi connectivity index (χ3v) is 5.28. The number of carbonyl (C=O) groups is 3. The Hall–Kier alpha value is -0.398. The predicted octanol–water partition coefficient (Wildman–Crippen LogP) is 4.90. The normalized spacial score (nSPS) is 12.4. The second-order valence-electron chi connectivity index (χ2n) is 4.37. The number of ketones is 3. The van der Waals surface area contributed by atoms with Crippen molar-refractivity contribution in [1.82, 2.24) is 0 Å². The van der Waals surface area contributed by atoms with Gasteiger partial charge in [0.05, 0.1) is 13.4 Å². The standard InChI is InChI=1S/3C5H7BrO2.Al/c3*1-3(7)5(6)4(2)8;/h3*7H,1-2H3;/b3*5-3+;. The van der Waals surface area contributed by atoms with Crippen LogP contribution in [0.25, 0.3) is 0 Å². The highest BCUT2D eigenvalue weighted by Gasteiger charge is 2.01. The molecule has 0 aromatic carbocycles. The van der Waals surface area contributed by atoms with Crippen LogP contribution >= 0.6 is 47.8 Å². The minimum absolute atomic E-state index is 0. The van der Waals surface area contributed by atoms with E-state index < -0.39 is 0 Å². The monoisotopic (exact) mass is 561 g/mol. The fourth-order valence-electron chi connectivity index (χ4n) is 0.764. The molecule has 0 spiro atoms. The van der Waals surface area contributed by atoms with Gasteiger partial charge in [0.2, 0.25) is 0 Å². The van der Waals surface area contributed by atoms with Gasteiger partial charge in [-0.05, 0) is 89.3 Å². The highest BCUT2D eigenvalue weighted by molar-refractivity contribution is 9.12. The maximum absolute atomic E-state index is 10.3. The van der Waals surface area contributed by atoms with Gasteiger partial charge in [0.25, 0.3) is 0 Å². The van der Waals surface area contributed by atoms with E-state index in [1.807, 2.05) is 0 Å². The van der Waals surface area contributed by atoms with Crippen molar-refractivity contribution in [1.29, 1.82) is 0 Å². The van der Waals surface area contributed by atoms with Crippen LogP contribution in [0.5, 0.6) is 0 Å². The Kier molecular flexibility index (Phi) is 22.0. The van der Waals surface area contributed by atoms with Crippen molar-refractivity contribution in [2.75, 3.05) is 0 Å². The van der Waals surface area contributed by atoms with E-state index in [1.54, 1.807) is 0 Å². The first kappa shape index (κ1) is 32.3. The smallest absolute Gasteiger partial charge is 0.170 e. The number of halogens is 3. The van der Waals surface area contributed by atoms with Crippen molar-refractivity contribution in [3.8, 4) is 0 Å². The van der Waals surface area contributed by atoms with E-state index in [-0.39, 0.29) is 65.4 Å². The van der Waals surface area contributed by atoms with Crippen LogP contribution in [0, 0.1) is 0 Å². The number of carbonyl (C=O) groups excluding carboxylic acids is 3. The molecule has 3 radical (unpaired) electrons. The minimum Gasteiger partial charge on any atom is -0.511 e. The zero-order chi connectivity index (χ0) is 20.2. The molecule has 0 heterocycles. The number of rotatable bonds is 3. The summed E-state index contributed by atoms with van der Waals surface area (Å²) in [5, 5.41) is 25.8. The van der Waals surface area contributed by atoms with Crippen LogP contribution in [-0.4, -0.2) is 50.0 Å². The zero-order valence-corrected chi connectivity index (χ0v) is 20.7. The largest absolute Gasteiger partial charge is 0.511 e. The minimum atomic E-state index is -0.162. The maximum Gasteiger partial charge on any atom is 0.170 e. The Bertz CT molecular complexity index is 487. The quantitative estimate of drug-likeness (QED) is 0.256. The molecule has 0 aliphatic heterocycles. The fourth-order valence-corrected chi connectivity index (χ4v) is 0.764. The van der Waals surface area contributed by atoms with Crippen LogP contribution in [0.1, 0.15) is 41.5 Å². The molecule has 0 amide bonds. The lowest BCUT2D eigenvalue weighted by atomic mass is 10.4. The van der Waals surface area contributed by atoms with Crippen LogP contribution in [0.4, 0.5) is 0 Å². The van der Waals surface area contributed by atoms with Crippen LogP contribution in [0.3, 0.4) is 0 Å². The van der Waals surface area contributed by atoms with Gasteiger partial charge < -0.3 is 15.3 Å². The third kappa shape index (κ3) is 19.8. The molecule has 0 bridgehead atoms. The first-order chi connectivity index (χ1) is 10.7. The molecule has 6 nitrogen and oxygen atoms in total. The Morgan fingerprint density at radius 1 is 0.520 bits per heavy atom. The predicted molar refractivity (Wildman–Crippen MR) is 111 cm³/mol. The molecule has 0 aliphatic carbocycles. The van der Waals surface area contributed by atoms with Gasteiger partial charge in [0.15, 0.2) is 17.3 Å². The van der Waals surface area contributed by atoms with Crippen molar-refractivity contribution in [2.24, 2.45) is 0 Å². The Morgan fingerprint density at radius 2 is 0.640 bits per heavy atom. The molecular formula is C15H21AlBr3O6. The lowest BCUT2D eigenvalue weighted by molar-refractivity contribution is -0.113. The number of aliphatic hydroxyl groups excluding tert-OH is 3. The molecule has 0 aliphatic rings. The summed E-state index contributed by atoms with van der Waals surface area (Å²) >= 11 is 8.66. The first-order valence-corrected chi connectivity index (χ1v) is 8.73. The van der Waals surface area contributed by atoms with Gasteiger partial charge in [0, 0.05) is 17.4 Å². The zero-order valence-electron chi connectivity index (χ0n) is 14.8. The van der Waals surface area contributed by atoms with Gasteiger partial charge in [-0.15, -0.1) is 0 Å². The van der Waals surface area contributed by atoms with E-state index in [9.17, 15) is 14.4 Å². The van der Waals surface area contributed by atoms with Gasteiger partial charge in [0.1, 0.15) is 17.3 Å². The van der Waals surface area contributed by atoms with E-state index >= 15 is 0 Å². The summed E-state index contributed by atoms with van der Waals surface area (Å²) in [6.45, 7) is 8.49. The van der Waals surface area contributed by atoms with E-state index in [0.717, 1.165) is 0 Å². The van der Waals surface area contributed by atoms with E-state index in [2.05, 4.69) is 47.8 Å². The van der Waals surface area contributed by atoms with Gasteiger partial charge in [-0.3, -0.25) is 14.4 Å². The summed E-state index contributed by atoms with van der Waals surface area (Å²) in [5.74, 6) is -0.410. The molecule has 141 valence electrons. The summed E-state index contributed by atoms with van der Waals surface area (Å²) in [6.07, 6.45) is 0. The summed E-state index contributed by atoms with van der Waals surface area (Å²) in [5.41, 5.74) is 0. The highest BCUT2D eigenvalue weighted by Crippen LogP contribution is 2.10. The lowest BCUT2D eigenvalue weighted by Gasteiger charge is -1.90. The van der Waals surface area contributed by atoms with E-state index in [1.165, 1.54) is 41.5 Å². The topological polar surface area (TPSA) is 112 Å². The molecule has 25 heavy (non-hydrogen) atoms. The molecule has 0 atom stereocenters. The average molecular weight is 564 g/mol. The number of hydrogen-bond acceptors (Lipinski definition) is 6. The van der Waals surface area contributed by atoms with Gasteiger partial charge >= 0.3 is 0 Å². The highest BCUT2D eigenvalue weighted by atomic mass is 79.9. The SMILES string of the molecule is CC(=O)/C(Br)=C(/C)O.CC(=O)/C(Br)=C(/C)O.CC(=O)/C(Br)=C(/C)O.[Al]. The van der Waals surface area contributed by atoms with Crippen LogP contribution in [0.2, 0.25) is 0 Å². The number of aliphatic hydroxyl groups is 3. The second kappa shape index (κ2) is 17.0. The van der Waals surface area contributed by atoms with Crippen molar-refractivity contribution in [3.05, 3.63) is 30.7 Å². The van der Waals surface area contributed by atoms with E-state index in [4.69, 9.17) is 15.3 Å². The van der Waals surface area contributed by atoms with Crippen molar-refractivity contribution < 1.29 is 29.7 Å². The molecule has 0 aromatic rings. The number of Topliss-reactive ketones (excluding diaryl/α,β-unsaturated/α-hetero) is 3. The average Bonchev–Trinajstić information content (AvgIpc) is 2.45. The Labute approximate surface area is 183 Å². The van der Waals surface area contributed by atoms with Crippen molar-refractivity contribution >= 4 is 82.5 Å². The maximum atomic E-state index is 10.3. The Morgan fingerprint density at radius 3 is 0.640 bits per heavy atom. The third-order valence-electron chi connectivity index (χ3n) is 1.88. The van der Waals surface area contributed by atoms with Gasteiger partial charge in [-0.2, -0.15) is 0 Å². The Balaban J connectivity index is -0.000000130. The fraction of sp³-hybridized carbons (Fsp3) is 0.400.